The third-order valence-corrected chi connectivity index (χ3v) is 1.92. The van der Waals surface area contributed by atoms with E-state index in [0.717, 1.165) is 0 Å². The molecule has 0 spiro atoms. The van der Waals surface area contributed by atoms with Crippen LogP contribution in [0.1, 0.15) is 5.56 Å². The molecule has 0 amide bonds. The quantitative estimate of drug-likeness (QED) is 0.844. The Morgan fingerprint density at radius 2 is 2.21 bits per heavy atom. The fourth-order valence-corrected chi connectivity index (χ4v) is 1.34. The lowest BCUT2D eigenvalue weighted by molar-refractivity contribution is -0.0504. The molecule has 0 saturated carbocycles. The number of para-hydroxylation sites is 1. The van der Waals surface area contributed by atoms with Crippen LogP contribution in [-0.2, 0) is 6.54 Å². The van der Waals surface area contributed by atoms with Crippen molar-refractivity contribution >= 4 is 11.6 Å². The van der Waals surface area contributed by atoms with Gasteiger partial charge < -0.3 is 10.1 Å². The van der Waals surface area contributed by atoms with Gasteiger partial charge in [-0.25, -0.2) is 0 Å². The minimum absolute atomic E-state index is 0.0403. The molecule has 0 fully saturated rings. The van der Waals surface area contributed by atoms with Crippen LogP contribution in [0.2, 0.25) is 5.02 Å². The minimum atomic E-state index is -2.86. The Bertz CT molecular complexity index is 307. The van der Waals surface area contributed by atoms with Crippen LogP contribution < -0.4 is 10.1 Å². The molecular formula is C9H10ClF2NO. The van der Waals surface area contributed by atoms with E-state index >= 15 is 0 Å². The molecule has 0 saturated heterocycles. The molecule has 78 valence electrons. The molecule has 1 N–H and O–H groups in total. The third-order valence-electron chi connectivity index (χ3n) is 1.62. The van der Waals surface area contributed by atoms with Gasteiger partial charge in [0, 0.05) is 12.1 Å². The second-order valence-electron chi connectivity index (χ2n) is 2.64. The highest BCUT2D eigenvalue weighted by Crippen LogP contribution is 2.29. The first kappa shape index (κ1) is 11.2. The van der Waals surface area contributed by atoms with Crippen molar-refractivity contribution in [2.75, 3.05) is 7.05 Å². The number of benzene rings is 1. The molecule has 1 aromatic rings. The molecule has 1 rings (SSSR count). The summed E-state index contributed by atoms with van der Waals surface area (Å²) in [4.78, 5) is 0. The number of alkyl halides is 2. The zero-order valence-corrected chi connectivity index (χ0v) is 8.31. The van der Waals surface area contributed by atoms with Gasteiger partial charge in [0.15, 0.2) is 0 Å². The van der Waals surface area contributed by atoms with E-state index in [1.54, 1.807) is 19.2 Å². The maximum atomic E-state index is 12.0. The molecule has 1 aromatic carbocycles. The van der Waals surface area contributed by atoms with E-state index in [0.29, 0.717) is 12.1 Å². The predicted molar refractivity (Wildman–Crippen MR) is 50.8 cm³/mol. The summed E-state index contributed by atoms with van der Waals surface area (Å²) in [5, 5.41) is 3.03. The summed E-state index contributed by atoms with van der Waals surface area (Å²) in [6.07, 6.45) is 0. The molecule has 0 aliphatic rings. The van der Waals surface area contributed by atoms with Crippen LogP contribution in [0.25, 0.3) is 0 Å². The molecule has 5 heteroatoms. The Labute approximate surface area is 85.8 Å². The van der Waals surface area contributed by atoms with Crippen molar-refractivity contribution in [2.45, 2.75) is 13.2 Å². The van der Waals surface area contributed by atoms with Crippen LogP contribution in [0.4, 0.5) is 8.78 Å². The van der Waals surface area contributed by atoms with E-state index < -0.39 is 6.61 Å². The Kier molecular flexibility index (Phi) is 4.10. The lowest BCUT2D eigenvalue weighted by Crippen LogP contribution is -2.10. The van der Waals surface area contributed by atoms with E-state index in [2.05, 4.69) is 10.1 Å². The summed E-state index contributed by atoms with van der Waals surface area (Å²) in [6.45, 7) is -2.42. The summed E-state index contributed by atoms with van der Waals surface area (Å²) in [5.41, 5.74) is 0.611. The number of ether oxygens (including phenoxy) is 1. The van der Waals surface area contributed by atoms with Crippen molar-refractivity contribution in [3.05, 3.63) is 28.8 Å². The standard InChI is InChI=1S/C9H10ClF2NO/c1-13-5-6-3-2-4-7(10)8(6)14-9(11)12/h2-4,9,13H,5H2,1H3. The lowest BCUT2D eigenvalue weighted by Gasteiger charge is -2.11. The molecule has 14 heavy (non-hydrogen) atoms. The third kappa shape index (κ3) is 2.82. The van der Waals surface area contributed by atoms with Crippen molar-refractivity contribution in [2.24, 2.45) is 0 Å². The van der Waals surface area contributed by atoms with Crippen molar-refractivity contribution in [1.82, 2.24) is 5.32 Å². The molecule has 0 aliphatic heterocycles. The first-order chi connectivity index (χ1) is 6.65. The Balaban J connectivity index is 2.96. The number of hydrogen-bond donors (Lipinski definition) is 1. The smallest absolute Gasteiger partial charge is 0.387 e. The van der Waals surface area contributed by atoms with E-state index in [9.17, 15) is 8.78 Å². The van der Waals surface area contributed by atoms with Gasteiger partial charge in [-0.1, -0.05) is 23.7 Å². The lowest BCUT2D eigenvalue weighted by atomic mass is 10.2. The summed E-state index contributed by atoms with van der Waals surface area (Å²) in [5.74, 6) is 0.0403. The number of hydrogen-bond acceptors (Lipinski definition) is 2. The molecule has 0 aromatic heterocycles. The minimum Gasteiger partial charge on any atom is -0.433 e. The summed E-state index contributed by atoms with van der Waals surface area (Å²) in [7, 11) is 1.72. The van der Waals surface area contributed by atoms with Crippen molar-refractivity contribution in [1.29, 1.82) is 0 Å². The van der Waals surface area contributed by atoms with E-state index in [4.69, 9.17) is 11.6 Å². The molecule has 0 unspecified atom stereocenters. The molecule has 0 atom stereocenters. The number of rotatable bonds is 4. The summed E-state index contributed by atoms with van der Waals surface area (Å²) >= 11 is 5.72. The fourth-order valence-electron chi connectivity index (χ4n) is 1.10. The van der Waals surface area contributed by atoms with Gasteiger partial charge >= 0.3 is 6.61 Å². The zero-order valence-electron chi connectivity index (χ0n) is 7.56. The topological polar surface area (TPSA) is 21.3 Å². The van der Waals surface area contributed by atoms with Gasteiger partial charge in [0.1, 0.15) is 5.75 Å². The fraction of sp³-hybridized carbons (Fsp3) is 0.333. The second kappa shape index (κ2) is 5.12. The molecule has 0 bridgehead atoms. The summed E-state index contributed by atoms with van der Waals surface area (Å²) in [6, 6.07) is 4.88. The van der Waals surface area contributed by atoms with Crippen molar-refractivity contribution < 1.29 is 13.5 Å². The van der Waals surface area contributed by atoms with Crippen LogP contribution in [0.5, 0.6) is 5.75 Å². The first-order valence-corrected chi connectivity index (χ1v) is 4.39. The molecular weight excluding hydrogens is 212 g/mol. The largest absolute Gasteiger partial charge is 0.433 e. The SMILES string of the molecule is CNCc1cccc(Cl)c1OC(F)F. The Morgan fingerprint density at radius 3 is 2.79 bits per heavy atom. The highest BCUT2D eigenvalue weighted by molar-refractivity contribution is 6.32. The average Bonchev–Trinajstić information content (AvgIpc) is 2.11. The number of halogens is 3. The zero-order chi connectivity index (χ0) is 10.6. The maximum absolute atomic E-state index is 12.0. The van der Waals surface area contributed by atoms with Gasteiger partial charge in [-0.3, -0.25) is 0 Å². The van der Waals surface area contributed by atoms with Gasteiger partial charge in [-0.05, 0) is 13.1 Å². The van der Waals surface area contributed by atoms with Gasteiger partial charge in [0.05, 0.1) is 5.02 Å². The van der Waals surface area contributed by atoms with Crippen LogP contribution >= 0.6 is 11.6 Å². The Morgan fingerprint density at radius 1 is 1.50 bits per heavy atom. The van der Waals surface area contributed by atoms with Crippen LogP contribution in [0.15, 0.2) is 18.2 Å². The molecule has 0 radical (unpaired) electrons. The molecule has 2 nitrogen and oxygen atoms in total. The van der Waals surface area contributed by atoms with Crippen molar-refractivity contribution in [3.8, 4) is 5.75 Å². The van der Waals surface area contributed by atoms with Crippen LogP contribution in [0.3, 0.4) is 0 Å². The average molecular weight is 222 g/mol. The monoisotopic (exact) mass is 221 g/mol. The van der Waals surface area contributed by atoms with E-state index in [1.807, 2.05) is 0 Å². The van der Waals surface area contributed by atoms with Gasteiger partial charge in [0.25, 0.3) is 0 Å². The second-order valence-corrected chi connectivity index (χ2v) is 3.04. The van der Waals surface area contributed by atoms with Gasteiger partial charge in [-0.15, -0.1) is 0 Å². The highest BCUT2D eigenvalue weighted by atomic mass is 35.5. The van der Waals surface area contributed by atoms with Gasteiger partial charge in [0.2, 0.25) is 0 Å². The normalized spacial score (nSPS) is 10.6. The predicted octanol–water partition coefficient (Wildman–Crippen LogP) is 2.66. The van der Waals surface area contributed by atoms with E-state index in [-0.39, 0.29) is 10.8 Å². The van der Waals surface area contributed by atoms with Crippen LogP contribution in [-0.4, -0.2) is 13.7 Å². The highest BCUT2D eigenvalue weighted by Gasteiger charge is 2.12. The molecule has 0 heterocycles. The van der Waals surface area contributed by atoms with Crippen molar-refractivity contribution in [3.63, 3.8) is 0 Å². The maximum Gasteiger partial charge on any atom is 0.387 e. The summed E-state index contributed by atoms with van der Waals surface area (Å²) < 4.78 is 28.4. The first-order valence-electron chi connectivity index (χ1n) is 4.02. The Hall–Kier alpha value is -0.870. The van der Waals surface area contributed by atoms with Gasteiger partial charge in [-0.2, -0.15) is 8.78 Å². The van der Waals surface area contributed by atoms with E-state index in [1.165, 1.54) is 6.07 Å². The number of nitrogens with one attached hydrogen (secondary N) is 1. The molecule has 0 aliphatic carbocycles. The van der Waals surface area contributed by atoms with Crippen LogP contribution in [0, 0.1) is 0 Å².